The molecular formula is C22H34IN3O2. The molecule has 6 heteroatoms. The molecule has 0 saturated carbocycles. The molecule has 156 valence electrons. The van der Waals surface area contributed by atoms with Gasteiger partial charge in [-0.15, -0.1) is 24.0 Å². The molecule has 5 nitrogen and oxygen atoms in total. The molecule has 0 aromatic heterocycles. The van der Waals surface area contributed by atoms with Gasteiger partial charge in [0, 0.05) is 32.6 Å². The van der Waals surface area contributed by atoms with Gasteiger partial charge in [0.1, 0.15) is 0 Å². The molecule has 0 bridgehead atoms. The first kappa shape index (κ1) is 24.5. The fourth-order valence-corrected chi connectivity index (χ4v) is 3.22. The molecule has 1 heterocycles. The van der Waals surface area contributed by atoms with E-state index in [2.05, 4.69) is 58.3 Å². The number of guanidine groups is 1. The zero-order valence-electron chi connectivity index (χ0n) is 17.2. The number of carbonyl (C=O) groups is 1. The second-order valence-electron chi connectivity index (χ2n) is 6.77. The fourth-order valence-electron chi connectivity index (χ4n) is 3.22. The van der Waals surface area contributed by atoms with E-state index in [1.807, 2.05) is 0 Å². The van der Waals surface area contributed by atoms with Crippen molar-refractivity contribution >= 4 is 41.5 Å². The summed E-state index contributed by atoms with van der Waals surface area (Å²) in [7, 11) is 1.44. The van der Waals surface area contributed by atoms with Crippen LogP contribution in [0.15, 0.2) is 41.4 Å². The lowest BCUT2D eigenvalue weighted by Crippen LogP contribution is -2.43. The number of rotatable bonds is 9. The lowest BCUT2D eigenvalue weighted by Gasteiger charge is -2.30. The Morgan fingerprint density at radius 1 is 1.18 bits per heavy atom. The molecule has 0 atom stereocenters. The highest BCUT2D eigenvalue weighted by molar-refractivity contribution is 14.0. The summed E-state index contributed by atoms with van der Waals surface area (Å²) in [6, 6.07) is 10.6. The molecule has 0 radical (unpaired) electrons. The van der Waals surface area contributed by atoms with Gasteiger partial charge in [0.2, 0.25) is 0 Å². The summed E-state index contributed by atoms with van der Waals surface area (Å²) in [5.74, 6) is 0.894. The molecule has 0 saturated heterocycles. The van der Waals surface area contributed by atoms with Crippen LogP contribution in [0, 0.1) is 0 Å². The highest BCUT2D eigenvalue weighted by atomic mass is 127. The van der Waals surface area contributed by atoms with Crippen LogP contribution in [0.3, 0.4) is 0 Å². The molecule has 0 aliphatic carbocycles. The first-order valence-electron chi connectivity index (χ1n) is 10.1. The highest BCUT2D eigenvalue weighted by Gasteiger charge is 2.15. The summed E-state index contributed by atoms with van der Waals surface area (Å²) in [5, 5.41) is 3.42. The van der Waals surface area contributed by atoms with Crippen molar-refractivity contribution in [3.05, 3.63) is 42.0 Å². The number of methoxy groups -OCH3 is 1. The summed E-state index contributed by atoms with van der Waals surface area (Å²) >= 11 is 0. The largest absolute Gasteiger partial charge is 0.469 e. The van der Waals surface area contributed by atoms with E-state index < -0.39 is 0 Å². The second-order valence-corrected chi connectivity index (χ2v) is 6.77. The summed E-state index contributed by atoms with van der Waals surface area (Å²) in [6.45, 7) is 5.70. The van der Waals surface area contributed by atoms with Crippen molar-refractivity contribution in [1.82, 2.24) is 10.2 Å². The lowest BCUT2D eigenvalue weighted by atomic mass is 10.00. The third kappa shape index (κ3) is 8.63. The number of carbonyl (C=O) groups excluding carboxylic acids is 1. The number of ether oxygens (including phenoxy) is 1. The molecule has 1 aliphatic heterocycles. The number of aliphatic imine (C=N–C) groups is 1. The quantitative estimate of drug-likeness (QED) is 0.179. The Balaban J connectivity index is 0.00000392. The Hall–Kier alpha value is -1.57. The summed E-state index contributed by atoms with van der Waals surface area (Å²) in [4.78, 5) is 18.2. The van der Waals surface area contributed by atoms with Crippen LogP contribution in [-0.2, 0) is 9.53 Å². The monoisotopic (exact) mass is 499 g/mol. The molecule has 0 spiro atoms. The van der Waals surface area contributed by atoms with Gasteiger partial charge in [0.15, 0.2) is 5.96 Å². The molecule has 1 aliphatic rings. The first-order chi connectivity index (χ1) is 13.2. The van der Waals surface area contributed by atoms with E-state index in [1.165, 1.54) is 18.2 Å². The first-order valence-corrected chi connectivity index (χ1v) is 10.1. The maximum absolute atomic E-state index is 11.1. The van der Waals surface area contributed by atoms with Crippen LogP contribution in [-0.4, -0.2) is 50.1 Å². The van der Waals surface area contributed by atoms with Crippen LogP contribution in [0.25, 0.3) is 5.57 Å². The number of hydrogen-bond acceptors (Lipinski definition) is 3. The number of hydrogen-bond donors (Lipinski definition) is 1. The van der Waals surface area contributed by atoms with Crippen LogP contribution >= 0.6 is 24.0 Å². The SMILES string of the molecule is CCNC(=NCCCCCCC(=O)OC)N1CC=C(c2ccccc2)CC1.I. The average Bonchev–Trinajstić information content (AvgIpc) is 2.73. The molecule has 1 aromatic carbocycles. The van der Waals surface area contributed by atoms with Crippen molar-refractivity contribution in [3.8, 4) is 0 Å². The van der Waals surface area contributed by atoms with Crippen molar-refractivity contribution < 1.29 is 9.53 Å². The van der Waals surface area contributed by atoms with Gasteiger partial charge in [-0.25, -0.2) is 0 Å². The summed E-state index contributed by atoms with van der Waals surface area (Å²) in [5.41, 5.74) is 2.75. The van der Waals surface area contributed by atoms with Crippen molar-refractivity contribution in [1.29, 1.82) is 0 Å². The Bertz CT molecular complexity index is 632. The highest BCUT2D eigenvalue weighted by Crippen LogP contribution is 2.22. The standard InChI is InChI=1S/C22H33N3O2.HI/c1-3-23-22(24-16-10-5-4-9-13-21(26)27-2)25-17-14-20(15-18-25)19-11-7-6-8-12-19;/h6-8,11-12,14H,3-5,9-10,13,15-18H2,1-2H3,(H,23,24);1H. The summed E-state index contributed by atoms with van der Waals surface area (Å²) < 4.78 is 4.66. The minimum absolute atomic E-state index is 0. The topological polar surface area (TPSA) is 53.9 Å². The zero-order chi connectivity index (χ0) is 19.3. The van der Waals surface area contributed by atoms with Crippen LogP contribution in [0.1, 0.15) is 51.0 Å². The molecular weight excluding hydrogens is 465 g/mol. The molecule has 1 aromatic rings. The average molecular weight is 499 g/mol. The van der Waals surface area contributed by atoms with Crippen molar-refractivity contribution in [2.75, 3.05) is 33.3 Å². The van der Waals surface area contributed by atoms with E-state index in [9.17, 15) is 4.79 Å². The van der Waals surface area contributed by atoms with Gasteiger partial charge in [0.05, 0.1) is 7.11 Å². The normalized spacial score (nSPS) is 14.1. The minimum atomic E-state index is -0.115. The minimum Gasteiger partial charge on any atom is -0.469 e. The van der Waals surface area contributed by atoms with E-state index in [-0.39, 0.29) is 29.9 Å². The van der Waals surface area contributed by atoms with E-state index in [1.54, 1.807) is 0 Å². The summed E-state index contributed by atoms with van der Waals surface area (Å²) in [6.07, 6.45) is 7.98. The van der Waals surface area contributed by atoms with Crippen LogP contribution in [0.5, 0.6) is 0 Å². The molecule has 2 rings (SSSR count). The predicted molar refractivity (Wildman–Crippen MR) is 127 cm³/mol. The number of benzene rings is 1. The van der Waals surface area contributed by atoms with E-state index in [0.29, 0.717) is 6.42 Å². The third-order valence-corrected chi connectivity index (χ3v) is 4.77. The van der Waals surface area contributed by atoms with Crippen LogP contribution < -0.4 is 5.32 Å². The second kappa shape index (κ2) is 14.4. The van der Waals surface area contributed by atoms with Crippen LogP contribution in [0.4, 0.5) is 0 Å². The molecule has 0 fully saturated rings. The van der Waals surface area contributed by atoms with Gasteiger partial charge in [-0.05, 0) is 37.3 Å². The maximum atomic E-state index is 11.1. The van der Waals surface area contributed by atoms with Crippen molar-refractivity contribution in [2.24, 2.45) is 4.99 Å². The smallest absolute Gasteiger partial charge is 0.305 e. The Morgan fingerprint density at radius 2 is 1.93 bits per heavy atom. The van der Waals surface area contributed by atoms with Gasteiger partial charge in [-0.1, -0.05) is 49.2 Å². The number of halogens is 1. The number of nitrogens with one attached hydrogen (secondary N) is 1. The molecule has 0 unspecified atom stereocenters. The maximum Gasteiger partial charge on any atom is 0.305 e. The molecule has 0 amide bonds. The number of nitrogens with zero attached hydrogens (tertiary/aromatic N) is 2. The van der Waals surface area contributed by atoms with Gasteiger partial charge in [0.25, 0.3) is 0 Å². The fraction of sp³-hybridized carbons (Fsp3) is 0.545. The van der Waals surface area contributed by atoms with Crippen molar-refractivity contribution in [3.63, 3.8) is 0 Å². The van der Waals surface area contributed by atoms with Crippen molar-refractivity contribution in [2.45, 2.75) is 45.4 Å². The Labute approximate surface area is 186 Å². The Morgan fingerprint density at radius 3 is 2.57 bits per heavy atom. The van der Waals surface area contributed by atoms with Gasteiger partial charge < -0.3 is 15.0 Å². The Kier molecular flexibility index (Phi) is 12.6. The molecule has 28 heavy (non-hydrogen) atoms. The number of unbranched alkanes of at least 4 members (excludes halogenated alkanes) is 3. The number of esters is 1. The van der Waals surface area contributed by atoms with Gasteiger partial charge in [-0.2, -0.15) is 0 Å². The third-order valence-electron chi connectivity index (χ3n) is 4.77. The van der Waals surface area contributed by atoms with Gasteiger partial charge >= 0.3 is 5.97 Å². The molecule has 1 N–H and O–H groups in total. The van der Waals surface area contributed by atoms with Gasteiger partial charge in [-0.3, -0.25) is 9.79 Å². The van der Waals surface area contributed by atoms with E-state index in [4.69, 9.17) is 4.99 Å². The lowest BCUT2D eigenvalue weighted by molar-refractivity contribution is -0.140. The van der Waals surface area contributed by atoms with Crippen LogP contribution in [0.2, 0.25) is 0 Å². The van der Waals surface area contributed by atoms with E-state index >= 15 is 0 Å². The predicted octanol–water partition coefficient (Wildman–Crippen LogP) is 4.48. The zero-order valence-corrected chi connectivity index (χ0v) is 19.5. The van der Waals surface area contributed by atoms with E-state index in [0.717, 1.165) is 64.2 Å².